The number of hydrogen-bond donors (Lipinski definition) is 1. The Morgan fingerprint density at radius 2 is 1.35 bits per heavy atom. The molecule has 0 unspecified atom stereocenters. The van der Waals surface area contributed by atoms with Crippen LogP contribution in [-0.4, -0.2) is 11.7 Å². The summed E-state index contributed by atoms with van der Waals surface area (Å²) in [7, 11) is 0. The molecule has 3 aromatic rings. The van der Waals surface area contributed by atoms with Crippen LogP contribution in [0.3, 0.4) is 0 Å². The molecule has 1 aliphatic rings. The Kier molecular flexibility index (Phi) is 3.05. The van der Waals surface area contributed by atoms with Crippen molar-refractivity contribution in [2.45, 2.75) is 0 Å². The largest absolute Gasteiger partial charge is 0.322 e. The summed E-state index contributed by atoms with van der Waals surface area (Å²) in [6.45, 7) is 0. The number of benzene rings is 3. The Balaban J connectivity index is 1.70. The molecule has 4 rings (SSSR count). The van der Waals surface area contributed by atoms with Gasteiger partial charge in [0.15, 0.2) is 5.78 Å². The molecule has 3 heteroatoms. The first-order chi connectivity index (χ1) is 11.2. The maximum absolute atomic E-state index is 12.4. The van der Waals surface area contributed by atoms with E-state index in [1.165, 1.54) is 0 Å². The fourth-order valence-electron chi connectivity index (χ4n) is 2.90. The number of carbonyl (C=O) groups is 2. The lowest BCUT2D eigenvalue weighted by atomic mass is 10.1. The van der Waals surface area contributed by atoms with E-state index in [4.69, 9.17) is 0 Å². The predicted octanol–water partition coefficient (Wildman–Crippen LogP) is 4.15. The van der Waals surface area contributed by atoms with Crippen LogP contribution >= 0.6 is 0 Å². The zero-order valence-corrected chi connectivity index (χ0v) is 12.2. The lowest BCUT2D eigenvalue weighted by molar-refractivity contribution is 0.102. The maximum Gasteiger partial charge on any atom is 0.255 e. The second kappa shape index (κ2) is 5.21. The molecule has 0 fully saturated rings. The monoisotopic (exact) mass is 299 g/mol. The van der Waals surface area contributed by atoms with Crippen LogP contribution in [0.2, 0.25) is 0 Å². The molecular weight excluding hydrogens is 286 g/mol. The van der Waals surface area contributed by atoms with Gasteiger partial charge in [-0.15, -0.1) is 0 Å². The van der Waals surface area contributed by atoms with Gasteiger partial charge in [0.05, 0.1) is 0 Å². The fourth-order valence-corrected chi connectivity index (χ4v) is 2.90. The van der Waals surface area contributed by atoms with E-state index in [0.29, 0.717) is 22.4 Å². The Labute approximate surface area is 133 Å². The topological polar surface area (TPSA) is 46.2 Å². The molecule has 1 amide bonds. The van der Waals surface area contributed by atoms with Gasteiger partial charge < -0.3 is 5.32 Å². The van der Waals surface area contributed by atoms with Crippen molar-refractivity contribution in [1.29, 1.82) is 0 Å². The number of carbonyl (C=O) groups excluding carboxylic acids is 2. The first-order valence-corrected chi connectivity index (χ1v) is 7.38. The van der Waals surface area contributed by atoms with Crippen LogP contribution in [0.4, 0.5) is 5.69 Å². The smallest absolute Gasteiger partial charge is 0.255 e. The summed E-state index contributed by atoms with van der Waals surface area (Å²) in [6.07, 6.45) is 0. The van der Waals surface area contributed by atoms with Crippen LogP contribution in [0.15, 0.2) is 72.8 Å². The van der Waals surface area contributed by atoms with Crippen LogP contribution in [0.5, 0.6) is 0 Å². The van der Waals surface area contributed by atoms with Gasteiger partial charge in [-0.25, -0.2) is 0 Å². The first kappa shape index (κ1) is 13.5. The summed E-state index contributed by atoms with van der Waals surface area (Å²) in [4.78, 5) is 24.6. The van der Waals surface area contributed by atoms with E-state index in [-0.39, 0.29) is 11.7 Å². The number of fused-ring (bicyclic) bond motifs is 3. The van der Waals surface area contributed by atoms with Gasteiger partial charge in [0.1, 0.15) is 0 Å². The highest BCUT2D eigenvalue weighted by Gasteiger charge is 2.26. The van der Waals surface area contributed by atoms with Crippen LogP contribution < -0.4 is 5.32 Å². The molecule has 0 aromatic heterocycles. The van der Waals surface area contributed by atoms with Crippen molar-refractivity contribution in [2.24, 2.45) is 0 Å². The molecule has 1 N–H and O–H groups in total. The third-order valence-corrected chi connectivity index (χ3v) is 4.02. The van der Waals surface area contributed by atoms with Gasteiger partial charge in [0.2, 0.25) is 0 Å². The number of rotatable bonds is 2. The van der Waals surface area contributed by atoms with E-state index in [1.807, 2.05) is 48.5 Å². The number of amides is 1. The minimum atomic E-state index is -0.164. The molecule has 0 bridgehead atoms. The standard InChI is InChI=1S/C20H13NO2/c22-19-16-9-5-4-8-15(16)18-12-14(10-11-17(18)19)21-20(23)13-6-2-1-3-7-13/h1-12H,(H,21,23). The van der Waals surface area contributed by atoms with Gasteiger partial charge in [-0.1, -0.05) is 42.5 Å². The van der Waals surface area contributed by atoms with Gasteiger partial charge in [-0.05, 0) is 41.5 Å². The third-order valence-electron chi connectivity index (χ3n) is 4.02. The molecule has 23 heavy (non-hydrogen) atoms. The minimum Gasteiger partial charge on any atom is -0.322 e. The summed E-state index contributed by atoms with van der Waals surface area (Å²) in [5.41, 5.74) is 4.48. The summed E-state index contributed by atoms with van der Waals surface area (Å²) < 4.78 is 0. The number of nitrogens with one attached hydrogen (secondary N) is 1. The second-order valence-corrected chi connectivity index (χ2v) is 5.46. The molecule has 0 heterocycles. The van der Waals surface area contributed by atoms with E-state index in [2.05, 4.69) is 5.32 Å². The molecule has 0 radical (unpaired) electrons. The van der Waals surface area contributed by atoms with Crippen LogP contribution in [0.1, 0.15) is 26.3 Å². The lowest BCUT2D eigenvalue weighted by Crippen LogP contribution is -2.11. The molecule has 0 spiro atoms. The molecule has 0 atom stereocenters. The summed E-state index contributed by atoms with van der Waals surface area (Å²) in [5, 5.41) is 2.88. The van der Waals surface area contributed by atoms with Crippen molar-refractivity contribution in [3.8, 4) is 11.1 Å². The lowest BCUT2D eigenvalue weighted by Gasteiger charge is -2.07. The molecule has 0 saturated heterocycles. The van der Waals surface area contributed by atoms with Crippen molar-refractivity contribution in [1.82, 2.24) is 0 Å². The fraction of sp³-hybridized carbons (Fsp3) is 0. The Morgan fingerprint density at radius 1 is 0.696 bits per heavy atom. The highest BCUT2D eigenvalue weighted by atomic mass is 16.1. The Morgan fingerprint density at radius 3 is 2.13 bits per heavy atom. The normalized spacial score (nSPS) is 11.7. The molecule has 3 aromatic carbocycles. The average Bonchev–Trinajstić information content (AvgIpc) is 2.89. The zero-order valence-electron chi connectivity index (χ0n) is 12.2. The highest BCUT2D eigenvalue weighted by molar-refractivity contribution is 6.22. The maximum atomic E-state index is 12.4. The number of anilines is 1. The zero-order chi connectivity index (χ0) is 15.8. The van der Waals surface area contributed by atoms with Crippen LogP contribution in [-0.2, 0) is 0 Å². The SMILES string of the molecule is O=C(Nc1ccc2c(c1)-c1ccccc1C2=O)c1ccccc1. The first-order valence-electron chi connectivity index (χ1n) is 7.38. The van der Waals surface area contributed by atoms with E-state index >= 15 is 0 Å². The summed E-state index contributed by atoms with van der Waals surface area (Å²) in [6, 6.07) is 22.0. The van der Waals surface area contributed by atoms with Crippen molar-refractivity contribution < 1.29 is 9.59 Å². The van der Waals surface area contributed by atoms with E-state index in [0.717, 1.165) is 11.1 Å². The van der Waals surface area contributed by atoms with E-state index < -0.39 is 0 Å². The molecule has 110 valence electrons. The molecular formula is C20H13NO2. The predicted molar refractivity (Wildman–Crippen MR) is 89.7 cm³/mol. The highest BCUT2D eigenvalue weighted by Crippen LogP contribution is 2.37. The minimum absolute atomic E-state index is 0.0385. The summed E-state index contributed by atoms with van der Waals surface area (Å²) in [5.74, 6) is -0.125. The van der Waals surface area contributed by atoms with Gasteiger partial charge in [0.25, 0.3) is 5.91 Å². The number of hydrogen-bond acceptors (Lipinski definition) is 2. The molecule has 0 aliphatic heterocycles. The van der Waals surface area contributed by atoms with Crippen molar-refractivity contribution in [3.05, 3.63) is 89.5 Å². The quantitative estimate of drug-likeness (QED) is 0.604. The second-order valence-electron chi connectivity index (χ2n) is 5.46. The molecule has 3 nitrogen and oxygen atoms in total. The van der Waals surface area contributed by atoms with Gasteiger partial charge in [-0.2, -0.15) is 0 Å². The van der Waals surface area contributed by atoms with Crippen LogP contribution in [0, 0.1) is 0 Å². The van der Waals surface area contributed by atoms with Gasteiger partial charge in [-0.3, -0.25) is 9.59 Å². The van der Waals surface area contributed by atoms with Crippen molar-refractivity contribution in [3.63, 3.8) is 0 Å². The average molecular weight is 299 g/mol. The molecule has 1 aliphatic carbocycles. The van der Waals surface area contributed by atoms with Crippen molar-refractivity contribution in [2.75, 3.05) is 5.32 Å². The van der Waals surface area contributed by atoms with Gasteiger partial charge in [0, 0.05) is 22.4 Å². The van der Waals surface area contributed by atoms with E-state index in [1.54, 1.807) is 24.3 Å². The Bertz CT molecular complexity index is 929. The molecule has 0 saturated carbocycles. The van der Waals surface area contributed by atoms with Gasteiger partial charge >= 0.3 is 0 Å². The van der Waals surface area contributed by atoms with E-state index in [9.17, 15) is 9.59 Å². The summed E-state index contributed by atoms with van der Waals surface area (Å²) >= 11 is 0. The van der Waals surface area contributed by atoms with Crippen molar-refractivity contribution >= 4 is 17.4 Å². The van der Waals surface area contributed by atoms with Crippen LogP contribution in [0.25, 0.3) is 11.1 Å². The Hall–Kier alpha value is -3.20. The number of ketones is 1. The third kappa shape index (κ3) is 2.23.